The Morgan fingerprint density at radius 1 is 1.24 bits per heavy atom. The standard InChI is InChI=1S/C16H33N/c1-5-6-7-15-8-10-16(11-9-15,13-17-4)12-14(2)3/h14-15,17H,5-13H2,1-4H3. The van der Waals surface area contributed by atoms with E-state index in [9.17, 15) is 0 Å². The maximum atomic E-state index is 3.44. The van der Waals surface area contributed by atoms with Crippen LogP contribution in [0.15, 0.2) is 0 Å². The minimum Gasteiger partial charge on any atom is -0.319 e. The summed E-state index contributed by atoms with van der Waals surface area (Å²) in [6.07, 6.45) is 11.6. The Bertz CT molecular complexity index is 190. The van der Waals surface area contributed by atoms with Crippen LogP contribution in [0.2, 0.25) is 0 Å². The zero-order valence-corrected chi connectivity index (χ0v) is 12.5. The van der Waals surface area contributed by atoms with Gasteiger partial charge in [-0.05, 0) is 56.4 Å². The molecule has 1 aliphatic rings. The molecule has 1 aliphatic carbocycles. The van der Waals surface area contributed by atoms with Gasteiger partial charge < -0.3 is 5.32 Å². The van der Waals surface area contributed by atoms with Gasteiger partial charge in [-0.3, -0.25) is 0 Å². The first-order valence-corrected chi connectivity index (χ1v) is 7.76. The molecule has 0 atom stereocenters. The number of unbranched alkanes of at least 4 members (excludes halogenated alkanes) is 1. The highest BCUT2D eigenvalue weighted by molar-refractivity contribution is 4.87. The minimum absolute atomic E-state index is 0.617. The predicted octanol–water partition coefficient (Wildman–Crippen LogP) is 4.62. The lowest BCUT2D eigenvalue weighted by Crippen LogP contribution is -2.37. The minimum atomic E-state index is 0.617. The summed E-state index contributed by atoms with van der Waals surface area (Å²) in [5.41, 5.74) is 0.617. The summed E-state index contributed by atoms with van der Waals surface area (Å²) in [4.78, 5) is 0. The van der Waals surface area contributed by atoms with Gasteiger partial charge in [0.25, 0.3) is 0 Å². The van der Waals surface area contributed by atoms with Gasteiger partial charge in [-0.1, -0.05) is 40.0 Å². The lowest BCUT2D eigenvalue weighted by Gasteiger charge is -2.41. The van der Waals surface area contributed by atoms with Gasteiger partial charge in [0, 0.05) is 6.54 Å². The molecule has 1 fully saturated rings. The van der Waals surface area contributed by atoms with Crippen molar-refractivity contribution < 1.29 is 0 Å². The molecule has 0 aromatic rings. The summed E-state index contributed by atoms with van der Waals surface area (Å²) in [6, 6.07) is 0. The topological polar surface area (TPSA) is 12.0 Å². The molecule has 1 saturated carbocycles. The monoisotopic (exact) mass is 239 g/mol. The number of hydrogen-bond donors (Lipinski definition) is 1. The van der Waals surface area contributed by atoms with Crippen molar-refractivity contribution in [3.05, 3.63) is 0 Å². The van der Waals surface area contributed by atoms with Crippen LogP contribution in [0.1, 0.15) is 72.1 Å². The van der Waals surface area contributed by atoms with Crippen molar-refractivity contribution >= 4 is 0 Å². The SMILES string of the molecule is CCCCC1CCC(CNC)(CC(C)C)CC1. The van der Waals surface area contributed by atoms with Crippen molar-refractivity contribution in [1.82, 2.24) is 5.32 Å². The van der Waals surface area contributed by atoms with E-state index in [4.69, 9.17) is 0 Å². The van der Waals surface area contributed by atoms with Crippen LogP contribution >= 0.6 is 0 Å². The molecule has 0 aromatic carbocycles. The van der Waals surface area contributed by atoms with Crippen LogP contribution in [-0.2, 0) is 0 Å². The molecule has 0 aliphatic heterocycles. The van der Waals surface area contributed by atoms with Crippen molar-refractivity contribution in [2.24, 2.45) is 17.3 Å². The van der Waals surface area contributed by atoms with Crippen LogP contribution in [0.3, 0.4) is 0 Å². The van der Waals surface area contributed by atoms with Gasteiger partial charge in [0.15, 0.2) is 0 Å². The van der Waals surface area contributed by atoms with E-state index < -0.39 is 0 Å². The number of rotatable bonds is 7. The maximum Gasteiger partial charge on any atom is 0.000490 e. The summed E-state index contributed by atoms with van der Waals surface area (Å²) in [5, 5.41) is 3.44. The predicted molar refractivity (Wildman–Crippen MR) is 77.3 cm³/mol. The van der Waals surface area contributed by atoms with E-state index >= 15 is 0 Å². The first kappa shape index (κ1) is 15.0. The Labute approximate surface area is 109 Å². The van der Waals surface area contributed by atoms with E-state index in [1.807, 2.05) is 0 Å². The van der Waals surface area contributed by atoms with Crippen LogP contribution in [0.5, 0.6) is 0 Å². The smallest absolute Gasteiger partial charge is 0.000490 e. The molecule has 102 valence electrons. The highest BCUT2D eigenvalue weighted by Gasteiger charge is 2.34. The Hall–Kier alpha value is -0.0400. The Morgan fingerprint density at radius 3 is 2.35 bits per heavy atom. The van der Waals surface area contributed by atoms with Crippen LogP contribution in [-0.4, -0.2) is 13.6 Å². The zero-order chi connectivity index (χ0) is 12.7. The normalized spacial score (nSPS) is 29.8. The third-order valence-corrected chi connectivity index (χ3v) is 4.52. The molecule has 17 heavy (non-hydrogen) atoms. The Balaban J connectivity index is 2.43. The summed E-state index contributed by atoms with van der Waals surface area (Å²) in [6.45, 7) is 8.29. The largest absolute Gasteiger partial charge is 0.319 e. The lowest BCUT2D eigenvalue weighted by atomic mass is 9.66. The first-order chi connectivity index (χ1) is 8.12. The zero-order valence-electron chi connectivity index (χ0n) is 12.5. The third kappa shape index (κ3) is 4.99. The van der Waals surface area contributed by atoms with Gasteiger partial charge in [0.1, 0.15) is 0 Å². The molecule has 0 bridgehead atoms. The second kappa shape index (κ2) is 7.41. The van der Waals surface area contributed by atoms with Gasteiger partial charge in [-0.25, -0.2) is 0 Å². The molecule has 0 heterocycles. The van der Waals surface area contributed by atoms with Crippen molar-refractivity contribution in [3.63, 3.8) is 0 Å². The van der Waals surface area contributed by atoms with Crippen molar-refractivity contribution in [3.8, 4) is 0 Å². The second-order valence-corrected chi connectivity index (χ2v) is 6.71. The van der Waals surface area contributed by atoms with Gasteiger partial charge in [0.2, 0.25) is 0 Å². The first-order valence-electron chi connectivity index (χ1n) is 7.76. The third-order valence-electron chi connectivity index (χ3n) is 4.52. The van der Waals surface area contributed by atoms with E-state index in [2.05, 4.69) is 33.1 Å². The molecule has 1 rings (SSSR count). The molecule has 0 saturated heterocycles. The summed E-state index contributed by atoms with van der Waals surface area (Å²) >= 11 is 0. The van der Waals surface area contributed by atoms with Crippen LogP contribution in [0.25, 0.3) is 0 Å². The van der Waals surface area contributed by atoms with Gasteiger partial charge >= 0.3 is 0 Å². The van der Waals surface area contributed by atoms with E-state index in [1.54, 1.807) is 0 Å². The molecular weight excluding hydrogens is 206 g/mol. The van der Waals surface area contributed by atoms with E-state index in [-0.39, 0.29) is 0 Å². The molecule has 0 unspecified atom stereocenters. The second-order valence-electron chi connectivity index (χ2n) is 6.71. The van der Waals surface area contributed by atoms with Crippen LogP contribution < -0.4 is 5.32 Å². The quantitative estimate of drug-likeness (QED) is 0.683. The van der Waals surface area contributed by atoms with Crippen molar-refractivity contribution in [2.45, 2.75) is 72.1 Å². The van der Waals surface area contributed by atoms with Crippen LogP contribution in [0, 0.1) is 17.3 Å². The van der Waals surface area contributed by atoms with E-state index in [1.165, 1.54) is 57.9 Å². The summed E-state index contributed by atoms with van der Waals surface area (Å²) in [5.74, 6) is 1.88. The molecule has 0 radical (unpaired) electrons. The number of nitrogens with one attached hydrogen (secondary N) is 1. The average Bonchev–Trinajstić information content (AvgIpc) is 2.28. The molecule has 0 spiro atoms. The molecule has 0 amide bonds. The molecule has 0 aromatic heterocycles. The van der Waals surface area contributed by atoms with Gasteiger partial charge in [0.05, 0.1) is 0 Å². The molecular formula is C16H33N. The Morgan fingerprint density at radius 2 is 1.88 bits per heavy atom. The highest BCUT2D eigenvalue weighted by Crippen LogP contribution is 2.44. The maximum absolute atomic E-state index is 3.44. The summed E-state index contributed by atoms with van der Waals surface area (Å²) < 4.78 is 0. The van der Waals surface area contributed by atoms with Crippen molar-refractivity contribution in [2.75, 3.05) is 13.6 Å². The van der Waals surface area contributed by atoms with E-state index in [0.717, 1.165) is 11.8 Å². The fourth-order valence-electron chi connectivity index (χ4n) is 3.77. The van der Waals surface area contributed by atoms with E-state index in [0.29, 0.717) is 5.41 Å². The molecule has 1 nitrogen and oxygen atoms in total. The fraction of sp³-hybridized carbons (Fsp3) is 1.00. The molecule has 1 N–H and O–H groups in total. The lowest BCUT2D eigenvalue weighted by molar-refractivity contribution is 0.114. The highest BCUT2D eigenvalue weighted by atomic mass is 14.8. The average molecular weight is 239 g/mol. The van der Waals surface area contributed by atoms with Crippen molar-refractivity contribution in [1.29, 1.82) is 0 Å². The fourth-order valence-corrected chi connectivity index (χ4v) is 3.77. The number of hydrogen-bond acceptors (Lipinski definition) is 1. The Kier molecular flexibility index (Phi) is 6.54. The summed E-state index contributed by atoms with van der Waals surface area (Å²) in [7, 11) is 2.12. The van der Waals surface area contributed by atoms with Gasteiger partial charge in [-0.2, -0.15) is 0 Å². The molecule has 1 heteroatoms. The van der Waals surface area contributed by atoms with Crippen LogP contribution in [0.4, 0.5) is 0 Å². The van der Waals surface area contributed by atoms with Gasteiger partial charge in [-0.15, -0.1) is 0 Å².